The highest BCUT2D eigenvalue weighted by Crippen LogP contribution is 2.23. The minimum atomic E-state index is 0.409. The van der Waals surface area contributed by atoms with Crippen LogP contribution in [0.1, 0.15) is 44.1 Å². The van der Waals surface area contributed by atoms with Crippen molar-refractivity contribution in [3.63, 3.8) is 0 Å². The van der Waals surface area contributed by atoms with Crippen molar-refractivity contribution < 1.29 is 4.74 Å². The summed E-state index contributed by atoms with van der Waals surface area (Å²) in [6.45, 7) is 3.33. The Bertz CT molecular complexity index is 377. The van der Waals surface area contributed by atoms with Crippen LogP contribution in [0.15, 0.2) is 24.3 Å². The van der Waals surface area contributed by atoms with Gasteiger partial charge in [0.25, 0.3) is 0 Å². The van der Waals surface area contributed by atoms with Crippen molar-refractivity contribution in [1.82, 2.24) is 5.32 Å². The monoisotopic (exact) mass is 262 g/mol. The van der Waals surface area contributed by atoms with E-state index >= 15 is 0 Å². The molecule has 0 bridgehead atoms. The summed E-state index contributed by atoms with van der Waals surface area (Å²) in [7, 11) is 1.82. The van der Waals surface area contributed by atoms with Crippen molar-refractivity contribution in [2.24, 2.45) is 0 Å². The number of rotatable bonds is 6. The van der Waals surface area contributed by atoms with Gasteiger partial charge in [-0.25, -0.2) is 0 Å². The van der Waals surface area contributed by atoms with E-state index in [0.717, 1.165) is 18.7 Å². The molecule has 0 aliphatic heterocycles. The van der Waals surface area contributed by atoms with E-state index in [1.54, 1.807) is 0 Å². The molecule has 0 saturated heterocycles. The smallest absolute Gasteiger partial charge is 0.0724 e. The van der Waals surface area contributed by atoms with E-state index in [1.807, 2.05) is 19.2 Å². The van der Waals surface area contributed by atoms with Gasteiger partial charge in [0.15, 0.2) is 0 Å². The van der Waals surface area contributed by atoms with E-state index in [2.05, 4.69) is 24.4 Å². The molecule has 3 heteroatoms. The lowest BCUT2D eigenvalue weighted by Gasteiger charge is -2.21. The lowest BCUT2D eigenvalue weighted by atomic mass is 9.97. The van der Waals surface area contributed by atoms with Gasteiger partial charge in [0.1, 0.15) is 0 Å². The van der Waals surface area contributed by atoms with Crippen LogP contribution in [0.4, 0.5) is 5.69 Å². The molecule has 0 radical (unpaired) electrons. The Hall–Kier alpha value is -1.06. The molecule has 106 valence electrons. The maximum Gasteiger partial charge on any atom is 0.0724 e. The third kappa shape index (κ3) is 3.95. The van der Waals surface area contributed by atoms with Gasteiger partial charge in [0.05, 0.1) is 6.10 Å². The number of nitrogen functional groups attached to an aromatic ring is 1. The number of nitrogens with two attached hydrogens (primary N) is 1. The largest absolute Gasteiger partial charge is 0.399 e. The van der Waals surface area contributed by atoms with Gasteiger partial charge in [-0.05, 0) is 55.8 Å². The van der Waals surface area contributed by atoms with Crippen molar-refractivity contribution in [2.45, 2.75) is 50.7 Å². The highest BCUT2D eigenvalue weighted by atomic mass is 16.5. The molecule has 0 aromatic heterocycles. The van der Waals surface area contributed by atoms with Crippen LogP contribution in [0, 0.1) is 0 Å². The fourth-order valence-electron chi connectivity index (χ4n) is 2.92. The van der Waals surface area contributed by atoms with Crippen LogP contribution in [-0.2, 0) is 4.74 Å². The Balaban J connectivity index is 1.74. The third-order valence-electron chi connectivity index (χ3n) is 4.24. The molecule has 19 heavy (non-hydrogen) atoms. The van der Waals surface area contributed by atoms with Gasteiger partial charge in [-0.1, -0.05) is 19.1 Å². The zero-order valence-corrected chi connectivity index (χ0v) is 12.1. The summed E-state index contributed by atoms with van der Waals surface area (Å²) in [6, 6.07) is 8.78. The van der Waals surface area contributed by atoms with Gasteiger partial charge in [0.2, 0.25) is 0 Å². The topological polar surface area (TPSA) is 47.3 Å². The van der Waals surface area contributed by atoms with Gasteiger partial charge >= 0.3 is 0 Å². The summed E-state index contributed by atoms with van der Waals surface area (Å²) in [5, 5.41) is 3.64. The van der Waals surface area contributed by atoms with Crippen molar-refractivity contribution in [1.29, 1.82) is 0 Å². The summed E-state index contributed by atoms with van der Waals surface area (Å²) < 4.78 is 5.50. The van der Waals surface area contributed by atoms with E-state index in [-0.39, 0.29) is 0 Å². The summed E-state index contributed by atoms with van der Waals surface area (Å²) >= 11 is 0. The minimum absolute atomic E-state index is 0.409. The highest BCUT2D eigenvalue weighted by molar-refractivity contribution is 5.40. The Labute approximate surface area is 116 Å². The number of anilines is 1. The maximum absolute atomic E-state index is 5.71. The van der Waals surface area contributed by atoms with Crippen LogP contribution >= 0.6 is 0 Å². The molecule has 1 aromatic rings. The number of hydrogen-bond acceptors (Lipinski definition) is 3. The molecule has 1 saturated carbocycles. The lowest BCUT2D eigenvalue weighted by molar-refractivity contribution is 0.0851. The summed E-state index contributed by atoms with van der Waals surface area (Å²) in [5.41, 5.74) is 7.92. The molecule has 0 amide bonds. The maximum atomic E-state index is 5.71. The fourth-order valence-corrected chi connectivity index (χ4v) is 2.92. The third-order valence-corrected chi connectivity index (χ3v) is 4.24. The van der Waals surface area contributed by atoms with E-state index in [1.165, 1.54) is 24.8 Å². The van der Waals surface area contributed by atoms with Crippen LogP contribution in [0.25, 0.3) is 0 Å². The second-order valence-corrected chi connectivity index (χ2v) is 5.62. The van der Waals surface area contributed by atoms with Crippen LogP contribution in [0.5, 0.6) is 0 Å². The van der Waals surface area contributed by atoms with Crippen molar-refractivity contribution in [2.75, 3.05) is 19.4 Å². The molecule has 1 aromatic carbocycles. The minimum Gasteiger partial charge on any atom is -0.399 e. The van der Waals surface area contributed by atoms with Crippen LogP contribution < -0.4 is 11.1 Å². The van der Waals surface area contributed by atoms with E-state index < -0.39 is 0 Å². The second-order valence-electron chi connectivity index (χ2n) is 5.62. The van der Waals surface area contributed by atoms with Crippen molar-refractivity contribution in [3.05, 3.63) is 29.8 Å². The Morgan fingerprint density at radius 1 is 1.32 bits per heavy atom. The summed E-state index contributed by atoms with van der Waals surface area (Å²) in [5.74, 6) is 0.565. The summed E-state index contributed by atoms with van der Waals surface area (Å²) in [4.78, 5) is 0. The molecule has 1 aliphatic carbocycles. The van der Waals surface area contributed by atoms with Gasteiger partial charge < -0.3 is 15.8 Å². The molecule has 3 unspecified atom stereocenters. The number of hydrogen-bond donors (Lipinski definition) is 2. The SMILES string of the molecule is COC1CCCC1NCCC(C)c1ccc(N)cc1. The van der Waals surface area contributed by atoms with Crippen LogP contribution in [-0.4, -0.2) is 25.8 Å². The molecule has 0 spiro atoms. The first-order valence-corrected chi connectivity index (χ1v) is 7.32. The Morgan fingerprint density at radius 2 is 2.05 bits per heavy atom. The molecule has 2 rings (SSSR count). The first kappa shape index (κ1) is 14.4. The first-order valence-electron chi connectivity index (χ1n) is 7.32. The zero-order valence-electron chi connectivity index (χ0n) is 12.1. The standard InChI is InChI=1S/C16H26N2O/c1-12(13-6-8-14(17)9-7-13)10-11-18-15-4-3-5-16(15)19-2/h6-9,12,15-16,18H,3-5,10-11,17H2,1-2H3. The predicted octanol–water partition coefficient (Wildman–Crippen LogP) is 2.92. The Morgan fingerprint density at radius 3 is 2.74 bits per heavy atom. The molecule has 1 fully saturated rings. The predicted molar refractivity (Wildman–Crippen MR) is 80.3 cm³/mol. The molecule has 1 aliphatic rings. The van der Waals surface area contributed by atoms with Gasteiger partial charge in [-0.15, -0.1) is 0 Å². The van der Waals surface area contributed by atoms with Gasteiger partial charge in [0, 0.05) is 18.8 Å². The average Bonchev–Trinajstić information content (AvgIpc) is 2.87. The van der Waals surface area contributed by atoms with E-state index in [0.29, 0.717) is 18.1 Å². The molecule has 0 heterocycles. The van der Waals surface area contributed by atoms with Crippen molar-refractivity contribution >= 4 is 5.69 Å². The second kappa shape index (κ2) is 6.92. The first-order chi connectivity index (χ1) is 9.20. The Kier molecular flexibility index (Phi) is 5.23. The number of ether oxygens (including phenoxy) is 1. The zero-order chi connectivity index (χ0) is 13.7. The van der Waals surface area contributed by atoms with Crippen molar-refractivity contribution in [3.8, 4) is 0 Å². The fraction of sp³-hybridized carbons (Fsp3) is 0.625. The molecule has 3 atom stereocenters. The lowest BCUT2D eigenvalue weighted by Crippen LogP contribution is -2.37. The highest BCUT2D eigenvalue weighted by Gasteiger charge is 2.26. The van der Waals surface area contributed by atoms with E-state index in [9.17, 15) is 0 Å². The number of nitrogens with one attached hydrogen (secondary N) is 1. The van der Waals surface area contributed by atoms with Crippen LogP contribution in [0.2, 0.25) is 0 Å². The molecular weight excluding hydrogens is 236 g/mol. The number of methoxy groups -OCH3 is 1. The quantitative estimate of drug-likeness (QED) is 0.775. The molecule has 3 nitrogen and oxygen atoms in total. The van der Waals surface area contributed by atoms with Crippen LogP contribution in [0.3, 0.4) is 0 Å². The summed E-state index contributed by atoms with van der Waals surface area (Å²) in [6.07, 6.45) is 5.28. The normalized spacial score (nSPS) is 24.5. The average molecular weight is 262 g/mol. The molecule has 3 N–H and O–H groups in total. The van der Waals surface area contributed by atoms with Gasteiger partial charge in [-0.3, -0.25) is 0 Å². The van der Waals surface area contributed by atoms with Gasteiger partial charge in [-0.2, -0.15) is 0 Å². The molecular formula is C16H26N2O. The van der Waals surface area contributed by atoms with E-state index in [4.69, 9.17) is 10.5 Å². The number of benzene rings is 1.